The summed E-state index contributed by atoms with van der Waals surface area (Å²) in [7, 11) is 0. The van der Waals surface area contributed by atoms with E-state index in [-0.39, 0.29) is 5.69 Å². The summed E-state index contributed by atoms with van der Waals surface area (Å²) in [6.45, 7) is 0. The van der Waals surface area contributed by atoms with Crippen LogP contribution in [0.2, 0.25) is 0 Å². The number of carbonyl (C=O) groups is 1. The molecule has 2 aromatic rings. The smallest absolute Gasteiger partial charge is 0.306 e. The molecule has 0 spiro atoms. The monoisotopic (exact) mass is 318 g/mol. The summed E-state index contributed by atoms with van der Waals surface area (Å²) >= 11 is 1.36. The minimum atomic E-state index is -0.946. The average Bonchev–Trinajstić information content (AvgIpc) is 2.50. The van der Waals surface area contributed by atoms with Gasteiger partial charge < -0.3 is 5.32 Å². The lowest BCUT2D eigenvalue weighted by Gasteiger charge is -2.02. The second-order valence-corrected chi connectivity index (χ2v) is 5.13. The number of nitrogens with one attached hydrogen (secondary N) is 1. The average molecular weight is 318 g/mol. The summed E-state index contributed by atoms with van der Waals surface area (Å²) < 4.78 is 13.2. The van der Waals surface area contributed by atoms with Gasteiger partial charge in [0.15, 0.2) is 0 Å². The Hall–Kier alpha value is -2.67. The van der Waals surface area contributed by atoms with E-state index < -0.39 is 22.3 Å². The molecule has 2 rings (SSSR count). The SMILES string of the molecule is O=C(/C=C/Sc1ccccc1)Nc1ccc(F)c([N+](=O)[O-])c1. The standard InChI is InChI=1S/C15H11FN2O3S/c16-13-7-6-11(10-14(13)18(20)21)17-15(19)8-9-22-12-4-2-1-3-5-12/h1-10H,(H,17,19)/b9-8+. The molecule has 0 aliphatic rings. The second kappa shape index (κ2) is 7.37. The molecule has 0 aromatic heterocycles. The number of anilines is 1. The largest absolute Gasteiger partial charge is 0.322 e. The molecule has 0 aliphatic heterocycles. The zero-order valence-corrected chi connectivity index (χ0v) is 12.0. The van der Waals surface area contributed by atoms with Crippen molar-refractivity contribution in [2.24, 2.45) is 0 Å². The summed E-state index contributed by atoms with van der Waals surface area (Å²) in [6.07, 6.45) is 1.30. The van der Waals surface area contributed by atoms with Crippen LogP contribution in [0.5, 0.6) is 0 Å². The highest BCUT2D eigenvalue weighted by Crippen LogP contribution is 2.22. The first kappa shape index (κ1) is 15.7. The molecule has 1 amide bonds. The van der Waals surface area contributed by atoms with Gasteiger partial charge in [-0.05, 0) is 29.7 Å². The predicted octanol–water partition coefficient (Wildman–Crippen LogP) is 3.98. The van der Waals surface area contributed by atoms with E-state index in [9.17, 15) is 19.3 Å². The number of carbonyl (C=O) groups excluding carboxylic acids is 1. The van der Waals surface area contributed by atoms with E-state index in [1.807, 2.05) is 30.3 Å². The Morgan fingerprint density at radius 3 is 2.64 bits per heavy atom. The van der Waals surface area contributed by atoms with Crippen molar-refractivity contribution >= 4 is 29.0 Å². The first-order chi connectivity index (χ1) is 10.6. The van der Waals surface area contributed by atoms with Crippen LogP contribution in [0.4, 0.5) is 15.8 Å². The Balaban J connectivity index is 1.97. The van der Waals surface area contributed by atoms with Gasteiger partial charge in [0.1, 0.15) is 0 Å². The van der Waals surface area contributed by atoms with Crippen LogP contribution in [-0.4, -0.2) is 10.8 Å². The van der Waals surface area contributed by atoms with Crippen molar-refractivity contribution < 1.29 is 14.1 Å². The first-order valence-corrected chi connectivity index (χ1v) is 7.07. The van der Waals surface area contributed by atoms with Crippen molar-refractivity contribution in [1.29, 1.82) is 0 Å². The quantitative estimate of drug-likeness (QED) is 0.392. The second-order valence-electron chi connectivity index (χ2n) is 4.15. The maximum absolute atomic E-state index is 13.2. The molecule has 112 valence electrons. The van der Waals surface area contributed by atoms with E-state index >= 15 is 0 Å². The molecule has 0 heterocycles. The highest BCUT2D eigenvalue weighted by Gasteiger charge is 2.14. The Kier molecular flexibility index (Phi) is 5.26. The molecule has 0 aliphatic carbocycles. The highest BCUT2D eigenvalue weighted by atomic mass is 32.2. The molecular weight excluding hydrogens is 307 g/mol. The third-order valence-corrected chi connectivity index (χ3v) is 3.39. The van der Waals surface area contributed by atoms with E-state index in [1.165, 1.54) is 23.9 Å². The molecule has 0 radical (unpaired) electrons. The lowest BCUT2D eigenvalue weighted by Crippen LogP contribution is -2.08. The van der Waals surface area contributed by atoms with Crippen molar-refractivity contribution in [2.75, 3.05) is 5.32 Å². The number of thioether (sulfide) groups is 1. The Bertz CT molecular complexity index is 720. The lowest BCUT2D eigenvalue weighted by atomic mass is 10.2. The first-order valence-electron chi connectivity index (χ1n) is 6.19. The van der Waals surface area contributed by atoms with Crippen molar-refractivity contribution in [2.45, 2.75) is 4.90 Å². The molecular formula is C15H11FN2O3S. The molecule has 2 aromatic carbocycles. The number of rotatable bonds is 5. The van der Waals surface area contributed by atoms with Crippen LogP contribution in [-0.2, 0) is 4.79 Å². The van der Waals surface area contributed by atoms with Gasteiger partial charge in [-0.2, -0.15) is 4.39 Å². The number of benzene rings is 2. The summed E-state index contributed by atoms with van der Waals surface area (Å²) in [5.41, 5.74) is -0.520. The zero-order valence-electron chi connectivity index (χ0n) is 11.2. The normalized spacial score (nSPS) is 10.6. The van der Waals surface area contributed by atoms with E-state index in [2.05, 4.69) is 5.32 Å². The van der Waals surface area contributed by atoms with Gasteiger partial charge in [0, 0.05) is 22.7 Å². The Morgan fingerprint density at radius 2 is 1.95 bits per heavy atom. The summed E-state index contributed by atoms with van der Waals surface area (Å²) in [4.78, 5) is 22.5. The fraction of sp³-hybridized carbons (Fsp3) is 0. The summed E-state index contributed by atoms with van der Waals surface area (Å²) in [5, 5.41) is 14.7. The fourth-order valence-corrected chi connectivity index (χ4v) is 2.25. The van der Waals surface area contributed by atoms with Crippen LogP contribution in [0.1, 0.15) is 0 Å². The molecule has 0 saturated carbocycles. The van der Waals surface area contributed by atoms with E-state index in [4.69, 9.17) is 0 Å². The maximum Gasteiger partial charge on any atom is 0.306 e. The van der Waals surface area contributed by atoms with Crippen LogP contribution in [0, 0.1) is 15.9 Å². The van der Waals surface area contributed by atoms with Crippen LogP contribution in [0.15, 0.2) is 64.9 Å². The highest BCUT2D eigenvalue weighted by molar-refractivity contribution is 8.02. The van der Waals surface area contributed by atoms with Gasteiger partial charge in [0.05, 0.1) is 4.92 Å². The van der Waals surface area contributed by atoms with Gasteiger partial charge in [0.2, 0.25) is 11.7 Å². The minimum absolute atomic E-state index is 0.160. The Labute approximate surface area is 130 Å². The van der Waals surface area contributed by atoms with Gasteiger partial charge in [-0.3, -0.25) is 14.9 Å². The van der Waals surface area contributed by atoms with Gasteiger partial charge in [-0.15, -0.1) is 0 Å². The van der Waals surface area contributed by atoms with Gasteiger partial charge >= 0.3 is 5.69 Å². The lowest BCUT2D eigenvalue weighted by molar-refractivity contribution is -0.387. The maximum atomic E-state index is 13.2. The molecule has 0 saturated heterocycles. The van der Waals surface area contributed by atoms with E-state index in [0.717, 1.165) is 17.0 Å². The van der Waals surface area contributed by atoms with Gasteiger partial charge in [-0.1, -0.05) is 30.0 Å². The number of nitro benzene ring substituents is 1. The molecule has 0 fully saturated rings. The van der Waals surface area contributed by atoms with E-state index in [0.29, 0.717) is 0 Å². The molecule has 7 heteroatoms. The van der Waals surface area contributed by atoms with Gasteiger partial charge in [-0.25, -0.2) is 0 Å². The number of hydrogen-bond donors (Lipinski definition) is 1. The van der Waals surface area contributed by atoms with Crippen molar-refractivity contribution in [3.63, 3.8) is 0 Å². The van der Waals surface area contributed by atoms with Crippen molar-refractivity contribution in [3.05, 3.63) is 75.9 Å². The van der Waals surface area contributed by atoms with Crippen LogP contribution < -0.4 is 5.32 Å². The van der Waals surface area contributed by atoms with Crippen LogP contribution in [0.25, 0.3) is 0 Å². The number of nitro groups is 1. The molecule has 1 N–H and O–H groups in total. The molecule has 5 nitrogen and oxygen atoms in total. The number of hydrogen-bond acceptors (Lipinski definition) is 4. The number of amides is 1. The molecule has 0 bridgehead atoms. The molecule has 22 heavy (non-hydrogen) atoms. The van der Waals surface area contributed by atoms with E-state index in [1.54, 1.807) is 5.41 Å². The van der Waals surface area contributed by atoms with Gasteiger partial charge in [0.25, 0.3) is 0 Å². The summed E-state index contributed by atoms with van der Waals surface area (Å²) in [6, 6.07) is 12.6. The molecule has 0 unspecified atom stereocenters. The Morgan fingerprint density at radius 1 is 1.23 bits per heavy atom. The zero-order chi connectivity index (χ0) is 15.9. The van der Waals surface area contributed by atoms with Crippen molar-refractivity contribution in [1.82, 2.24) is 0 Å². The van der Waals surface area contributed by atoms with Crippen molar-refractivity contribution in [3.8, 4) is 0 Å². The molecule has 0 atom stereocenters. The third-order valence-electron chi connectivity index (χ3n) is 2.58. The van der Waals surface area contributed by atoms with Crippen LogP contribution in [0.3, 0.4) is 0 Å². The minimum Gasteiger partial charge on any atom is -0.322 e. The fourth-order valence-electron chi connectivity index (χ4n) is 1.59. The number of nitrogens with zero attached hydrogens (tertiary/aromatic N) is 1. The van der Waals surface area contributed by atoms with Crippen LogP contribution >= 0.6 is 11.8 Å². The third kappa shape index (κ3) is 4.42. The topological polar surface area (TPSA) is 72.2 Å². The summed E-state index contributed by atoms with van der Waals surface area (Å²) in [5.74, 6) is -1.40. The number of halogens is 1. The predicted molar refractivity (Wildman–Crippen MR) is 83.1 cm³/mol.